The number of carboxylic acid groups (broad SMARTS) is 1. The molecule has 3 aliphatic rings. The smallest absolute Gasteiger partial charge is 0.324 e. The summed E-state index contributed by atoms with van der Waals surface area (Å²) in [7, 11) is 1.57. The van der Waals surface area contributed by atoms with E-state index in [1.165, 1.54) is 16.0 Å². The monoisotopic (exact) mass is 902 g/mol. The molecule has 0 spiro atoms. The highest BCUT2D eigenvalue weighted by atomic mass is 16.5. The van der Waals surface area contributed by atoms with Gasteiger partial charge in [-0.3, -0.25) is 33.8 Å². The van der Waals surface area contributed by atoms with Gasteiger partial charge in [0.05, 0.1) is 24.6 Å². The number of hydrogen-bond donors (Lipinski definition) is 4. The highest BCUT2D eigenvalue weighted by Crippen LogP contribution is 2.41. The molecule has 4 amide bonds. The van der Waals surface area contributed by atoms with E-state index in [4.69, 9.17) is 4.74 Å². The van der Waals surface area contributed by atoms with Gasteiger partial charge in [0, 0.05) is 56.0 Å². The number of aliphatic carboxylic acids is 1. The van der Waals surface area contributed by atoms with Crippen LogP contribution < -0.4 is 10.7 Å². The largest absolute Gasteiger partial charge is 0.508 e. The third-order valence-electron chi connectivity index (χ3n) is 13.1. The van der Waals surface area contributed by atoms with Crippen LogP contribution in [-0.2, 0) is 59.3 Å². The van der Waals surface area contributed by atoms with Crippen molar-refractivity contribution in [2.24, 2.45) is 17.3 Å². The second-order valence-electron chi connectivity index (χ2n) is 19.1. The number of phenolic OH excluding ortho intramolecular Hbond substituents is 1. The first kappa shape index (κ1) is 47.5. The number of phenols is 1. The van der Waals surface area contributed by atoms with E-state index < -0.39 is 53.2 Å². The van der Waals surface area contributed by atoms with Crippen LogP contribution in [0.3, 0.4) is 0 Å². The quantitative estimate of drug-likeness (QED) is 0.117. The van der Waals surface area contributed by atoms with E-state index in [-0.39, 0.29) is 56.0 Å². The number of ether oxygens (including phenoxy) is 1. The third kappa shape index (κ3) is 10.2. The molecule has 4 aromatic rings. The molecule has 4 N–H and O–H groups in total. The second kappa shape index (κ2) is 19.5. The van der Waals surface area contributed by atoms with Crippen molar-refractivity contribution in [3.05, 3.63) is 90.0 Å². The molecule has 0 radical (unpaired) electrons. The number of benzene rings is 3. The Balaban J connectivity index is 1.29. The number of carbonyl (C=O) groups excluding carboxylic acids is 5. The molecule has 2 saturated heterocycles. The number of amides is 4. The fourth-order valence-electron chi connectivity index (χ4n) is 9.89. The average molecular weight is 903 g/mol. The van der Waals surface area contributed by atoms with Crippen LogP contribution in [0.25, 0.3) is 33.3 Å². The minimum atomic E-state index is -1.18. The lowest BCUT2D eigenvalue weighted by Crippen LogP contribution is -2.62. The number of carbonyl (C=O) groups is 6. The van der Waals surface area contributed by atoms with E-state index in [9.17, 15) is 39.0 Å². The Kier molecular flexibility index (Phi) is 14.1. The molecule has 0 aliphatic carbocycles. The lowest BCUT2D eigenvalue weighted by Gasteiger charge is -2.37. The number of nitrogens with one attached hydrogen (secondary N) is 2. The third-order valence-corrected chi connectivity index (χ3v) is 13.1. The zero-order valence-electron chi connectivity index (χ0n) is 38.8. The average Bonchev–Trinajstić information content (AvgIpc) is 3.90. The SMILES string of the molecule is C=CC(=O)N1CC[C@H](C(=O)N(C)[C@H](C(=O)N[C@H]2Cc3cc(O)cc(c3)-c3ccc4c(c3)c(c(-c3ccc(CC(=O)O)cc3)n4CC)CC(C)(C)COC(=O)[C@@H]3CCCN(N3)C2=O)C(C)C)C1. The van der Waals surface area contributed by atoms with Gasteiger partial charge in [0.2, 0.25) is 17.7 Å². The maximum Gasteiger partial charge on any atom is 0.324 e. The lowest BCUT2D eigenvalue weighted by molar-refractivity contribution is -0.155. The Hall–Kier alpha value is -6.48. The standard InChI is InChI=1S/C51H62N6O9/c1-8-43(59)55-20-18-35(28-55)48(63)54(7)45(30(3)4)47(62)52-41-23-32-21-36(25-37(58)22-32)34-16-17-42-38(26-34)39(46(56(42)9-2)33-14-12-31(13-15-33)24-44(60)61)27-51(5,6)29-66-50(65)40-11-10-19-57(53-40)49(41)64/h8,12-17,21-22,25-26,30,35,40-41,45,53,58H,1,9-11,18-20,23-24,27-29H2,2-7H3,(H,52,62)(H,60,61)/t35-,40-,41-,45-/m0/s1. The van der Waals surface area contributed by atoms with Crippen LogP contribution in [0.2, 0.25) is 0 Å². The number of hydrogen-bond acceptors (Lipinski definition) is 9. The van der Waals surface area contributed by atoms with Crippen molar-refractivity contribution in [1.82, 2.24) is 30.1 Å². The molecule has 1 aromatic heterocycles. The number of aromatic hydroxyl groups is 1. The van der Waals surface area contributed by atoms with E-state index >= 15 is 0 Å². The van der Waals surface area contributed by atoms with Crippen LogP contribution in [-0.4, -0.2) is 117 Å². The minimum absolute atomic E-state index is 0.0289. The summed E-state index contributed by atoms with van der Waals surface area (Å²) in [6.07, 6.45) is 2.97. The normalized spacial score (nSPS) is 20.4. The first-order valence-corrected chi connectivity index (χ1v) is 22.9. The van der Waals surface area contributed by atoms with Gasteiger partial charge in [0.1, 0.15) is 23.9 Å². The van der Waals surface area contributed by atoms with Crippen molar-refractivity contribution in [2.45, 2.75) is 97.8 Å². The molecule has 6 bridgehead atoms. The summed E-state index contributed by atoms with van der Waals surface area (Å²) < 4.78 is 8.29. The van der Waals surface area contributed by atoms with Gasteiger partial charge >= 0.3 is 11.9 Å². The number of esters is 1. The van der Waals surface area contributed by atoms with Crippen LogP contribution >= 0.6 is 0 Å². The molecule has 4 heterocycles. The maximum atomic E-state index is 14.7. The van der Waals surface area contributed by atoms with Gasteiger partial charge in [-0.05, 0) is 102 Å². The number of cyclic esters (lactones) is 1. The summed E-state index contributed by atoms with van der Waals surface area (Å²) in [6.45, 7) is 14.9. The first-order valence-electron chi connectivity index (χ1n) is 22.9. The predicted octanol–water partition coefficient (Wildman–Crippen LogP) is 5.49. The van der Waals surface area contributed by atoms with Crippen molar-refractivity contribution in [2.75, 3.05) is 33.3 Å². The highest BCUT2D eigenvalue weighted by Gasteiger charge is 2.40. The van der Waals surface area contributed by atoms with Gasteiger partial charge in [-0.2, -0.15) is 0 Å². The molecular formula is C51H62N6O9. The molecule has 3 aromatic carbocycles. The summed E-state index contributed by atoms with van der Waals surface area (Å²) in [5.41, 5.74) is 9.16. The van der Waals surface area contributed by atoms with Gasteiger partial charge in [-0.15, -0.1) is 0 Å². The summed E-state index contributed by atoms with van der Waals surface area (Å²) in [4.78, 5) is 83.7. The van der Waals surface area contributed by atoms with Crippen LogP contribution in [0.15, 0.2) is 73.3 Å². The molecule has 0 unspecified atom stereocenters. The molecule has 2 fully saturated rings. The van der Waals surface area contributed by atoms with Crippen LogP contribution in [0.4, 0.5) is 0 Å². The number of aryl methyl sites for hydroxylation is 1. The molecule has 0 saturated carbocycles. The number of aromatic nitrogens is 1. The fourth-order valence-corrected chi connectivity index (χ4v) is 9.89. The number of likely N-dealkylation sites (N-methyl/N-ethyl adjacent to an activating group) is 1. The Bertz CT molecular complexity index is 2550. The number of carboxylic acids is 1. The van der Waals surface area contributed by atoms with E-state index in [2.05, 4.69) is 34.9 Å². The van der Waals surface area contributed by atoms with Gasteiger partial charge in [-0.1, -0.05) is 70.7 Å². The zero-order valence-corrected chi connectivity index (χ0v) is 38.8. The highest BCUT2D eigenvalue weighted by molar-refractivity contribution is 5.96. The van der Waals surface area contributed by atoms with E-state index in [1.54, 1.807) is 24.1 Å². The van der Waals surface area contributed by atoms with Crippen LogP contribution in [0, 0.1) is 17.3 Å². The molecule has 350 valence electrons. The van der Waals surface area contributed by atoms with Gasteiger partial charge in [-0.25, -0.2) is 5.43 Å². The Morgan fingerprint density at radius 3 is 2.41 bits per heavy atom. The fraction of sp³-hybridized carbons (Fsp3) is 0.451. The van der Waals surface area contributed by atoms with E-state index in [0.717, 1.165) is 33.3 Å². The topological polar surface area (TPSA) is 191 Å². The summed E-state index contributed by atoms with van der Waals surface area (Å²) >= 11 is 0. The first-order chi connectivity index (χ1) is 31.4. The summed E-state index contributed by atoms with van der Waals surface area (Å²) in [6, 6.07) is 15.8. The van der Waals surface area contributed by atoms with Crippen LogP contribution in [0.5, 0.6) is 5.75 Å². The van der Waals surface area contributed by atoms with Gasteiger partial charge < -0.3 is 34.6 Å². The Labute approximate surface area is 385 Å². The maximum absolute atomic E-state index is 14.7. The molecule has 15 nitrogen and oxygen atoms in total. The Morgan fingerprint density at radius 1 is 1.00 bits per heavy atom. The van der Waals surface area contributed by atoms with Crippen molar-refractivity contribution in [1.29, 1.82) is 0 Å². The summed E-state index contributed by atoms with van der Waals surface area (Å²) in [5.74, 6) is -3.89. The van der Waals surface area contributed by atoms with Crippen molar-refractivity contribution >= 4 is 46.5 Å². The molecule has 15 heteroatoms. The van der Waals surface area contributed by atoms with Crippen LogP contribution in [0.1, 0.15) is 70.6 Å². The number of hydrazine groups is 1. The van der Waals surface area contributed by atoms with Crippen molar-refractivity contribution in [3.63, 3.8) is 0 Å². The van der Waals surface area contributed by atoms with Gasteiger partial charge in [0.25, 0.3) is 5.91 Å². The van der Waals surface area contributed by atoms with E-state index in [1.807, 2.05) is 70.2 Å². The van der Waals surface area contributed by atoms with Crippen molar-refractivity contribution < 1.29 is 43.7 Å². The molecule has 3 aliphatic heterocycles. The predicted molar refractivity (Wildman–Crippen MR) is 250 cm³/mol. The number of likely N-dealkylation sites (tertiary alicyclic amines) is 1. The minimum Gasteiger partial charge on any atom is -0.508 e. The molecule has 7 rings (SSSR count). The molecule has 4 atom stereocenters. The lowest BCUT2D eigenvalue weighted by atomic mass is 9.84. The molecule has 66 heavy (non-hydrogen) atoms. The Morgan fingerprint density at radius 2 is 1.73 bits per heavy atom. The van der Waals surface area contributed by atoms with Crippen molar-refractivity contribution in [3.8, 4) is 28.1 Å². The van der Waals surface area contributed by atoms with E-state index in [0.29, 0.717) is 55.5 Å². The zero-order chi connectivity index (χ0) is 47.6. The molecular weight excluding hydrogens is 841 g/mol. The van der Waals surface area contributed by atoms with Gasteiger partial charge in [0.15, 0.2) is 0 Å². The number of nitrogens with zero attached hydrogens (tertiary/aromatic N) is 4. The summed E-state index contributed by atoms with van der Waals surface area (Å²) in [5, 5.41) is 26.0. The number of fused-ring (bicyclic) bond motifs is 6. The second-order valence-corrected chi connectivity index (χ2v) is 19.1. The number of rotatable bonds is 10.